The van der Waals surface area contributed by atoms with Crippen molar-refractivity contribution in [2.45, 2.75) is 36.6 Å². The average Bonchev–Trinajstić information content (AvgIpc) is 3.15. The highest BCUT2D eigenvalue weighted by atomic mass is 32.2. The molecule has 2 aliphatic rings. The smallest absolute Gasteiger partial charge is 0.251 e. The van der Waals surface area contributed by atoms with Crippen molar-refractivity contribution in [1.29, 1.82) is 0 Å². The van der Waals surface area contributed by atoms with Gasteiger partial charge >= 0.3 is 0 Å². The summed E-state index contributed by atoms with van der Waals surface area (Å²) in [6.07, 6.45) is 3.88. The minimum Gasteiger partial charge on any atom is -0.351 e. The summed E-state index contributed by atoms with van der Waals surface area (Å²) < 4.78 is 27.8. The molecular formula is C18H28N4O3S. The number of nitrogens with one attached hydrogen (secondary N) is 3. The van der Waals surface area contributed by atoms with Crippen LogP contribution in [0.4, 0.5) is 0 Å². The molecule has 3 N–H and O–H groups in total. The van der Waals surface area contributed by atoms with Gasteiger partial charge in [-0.1, -0.05) is 18.9 Å². The summed E-state index contributed by atoms with van der Waals surface area (Å²) >= 11 is 0. The van der Waals surface area contributed by atoms with Gasteiger partial charge in [0.15, 0.2) is 0 Å². The average molecular weight is 381 g/mol. The zero-order valence-electron chi connectivity index (χ0n) is 15.0. The molecule has 0 atom stereocenters. The first-order chi connectivity index (χ1) is 12.5. The summed E-state index contributed by atoms with van der Waals surface area (Å²) in [4.78, 5) is 14.8. The van der Waals surface area contributed by atoms with Gasteiger partial charge in [0.05, 0.1) is 4.90 Å². The number of hydrogen-bond donors (Lipinski definition) is 3. The minimum atomic E-state index is -3.58. The Hall–Kier alpha value is -1.48. The number of sulfonamides is 1. The van der Waals surface area contributed by atoms with E-state index in [1.165, 1.54) is 12.1 Å². The third-order valence-corrected chi connectivity index (χ3v) is 6.52. The van der Waals surface area contributed by atoms with Gasteiger partial charge in [-0.15, -0.1) is 0 Å². The lowest BCUT2D eigenvalue weighted by Gasteiger charge is -2.27. The third kappa shape index (κ3) is 5.26. The molecule has 1 aliphatic heterocycles. The van der Waals surface area contributed by atoms with Gasteiger partial charge in [0.25, 0.3) is 5.91 Å². The van der Waals surface area contributed by atoms with Crippen molar-refractivity contribution < 1.29 is 13.2 Å². The van der Waals surface area contributed by atoms with E-state index in [-0.39, 0.29) is 16.8 Å². The highest BCUT2D eigenvalue weighted by Gasteiger charge is 2.23. The van der Waals surface area contributed by atoms with Gasteiger partial charge in [0, 0.05) is 50.9 Å². The van der Waals surface area contributed by atoms with Crippen LogP contribution in [0.5, 0.6) is 0 Å². The molecule has 1 amide bonds. The predicted octanol–water partition coefficient (Wildman–Crippen LogP) is 0.543. The number of carbonyl (C=O) groups excluding carboxylic acids is 1. The molecule has 1 saturated heterocycles. The fourth-order valence-corrected chi connectivity index (χ4v) is 4.85. The van der Waals surface area contributed by atoms with E-state index in [1.807, 2.05) is 0 Å². The number of carbonyl (C=O) groups is 1. The lowest BCUT2D eigenvalue weighted by Crippen LogP contribution is -2.46. The van der Waals surface area contributed by atoms with Crippen LogP contribution >= 0.6 is 0 Å². The van der Waals surface area contributed by atoms with E-state index >= 15 is 0 Å². The van der Waals surface area contributed by atoms with Crippen LogP contribution in [-0.4, -0.2) is 64.5 Å². The zero-order chi connectivity index (χ0) is 18.4. The van der Waals surface area contributed by atoms with Crippen LogP contribution in [0.3, 0.4) is 0 Å². The third-order valence-electron chi connectivity index (χ3n) is 5.01. The standard InChI is InChI=1S/C18H28N4O3S/c23-18(20-10-13-22-11-8-19-9-12-22)15-4-3-7-17(14-15)26(24,25)21-16-5-1-2-6-16/h3-4,7,14,16,19,21H,1-2,5-6,8-13H2,(H,20,23). The molecule has 0 spiro atoms. The van der Waals surface area contributed by atoms with E-state index in [9.17, 15) is 13.2 Å². The summed E-state index contributed by atoms with van der Waals surface area (Å²) in [5, 5.41) is 6.18. The molecule has 0 unspecified atom stereocenters. The monoisotopic (exact) mass is 380 g/mol. The van der Waals surface area contributed by atoms with Gasteiger partial charge in [-0.25, -0.2) is 13.1 Å². The Morgan fingerprint density at radius 3 is 2.65 bits per heavy atom. The van der Waals surface area contributed by atoms with E-state index < -0.39 is 10.0 Å². The van der Waals surface area contributed by atoms with Crippen LogP contribution in [0.1, 0.15) is 36.0 Å². The molecule has 1 heterocycles. The molecule has 1 saturated carbocycles. The van der Waals surface area contributed by atoms with Crippen LogP contribution in [0.15, 0.2) is 29.2 Å². The molecular weight excluding hydrogens is 352 g/mol. The van der Waals surface area contributed by atoms with Crippen molar-refractivity contribution in [2.75, 3.05) is 39.3 Å². The normalized spacial score (nSPS) is 19.5. The Morgan fingerprint density at radius 1 is 1.19 bits per heavy atom. The van der Waals surface area contributed by atoms with E-state index in [0.29, 0.717) is 12.1 Å². The second-order valence-corrected chi connectivity index (χ2v) is 8.69. The largest absolute Gasteiger partial charge is 0.351 e. The number of nitrogens with zero attached hydrogens (tertiary/aromatic N) is 1. The Bertz CT molecular complexity index is 711. The summed E-state index contributed by atoms with van der Waals surface area (Å²) in [7, 11) is -3.58. The quantitative estimate of drug-likeness (QED) is 0.642. The SMILES string of the molecule is O=C(NCCN1CCNCC1)c1cccc(S(=O)(=O)NC2CCCC2)c1. The summed E-state index contributed by atoms with van der Waals surface area (Å²) in [6, 6.07) is 6.27. The van der Waals surface area contributed by atoms with Crippen molar-refractivity contribution in [2.24, 2.45) is 0 Å². The number of amides is 1. The molecule has 7 nitrogen and oxygen atoms in total. The fraction of sp³-hybridized carbons (Fsp3) is 0.611. The maximum Gasteiger partial charge on any atom is 0.251 e. The zero-order valence-corrected chi connectivity index (χ0v) is 15.9. The Balaban J connectivity index is 1.56. The Labute approximate surface area is 155 Å². The highest BCUT2D eigenvalue weighted by Crippen LogP contribution is 2.20. The lowest BCUT2D eigenvalue weighted by atomic mass is 10.2. The summed E-state index contributed by atoms with van der Waals surface area (Å²) in [5.41, 5.74) is 0.375. The summed E-state index contributed by atoms with van der Waals surface area (Å²) in [6.45, 7) is 5.27. The van der Waals surface area contributed by atoms with Gasteiger partial charge in [-0.2, -0.15) is 0 Å². The molecule has 1 aromatic rings. The van der Waals surface area contributed by atoms with Gasteiger partial charge in [0.2, 0.25) is 10.0 Å². The van der Waals surface area contributed by atoms with Crippen LogP contribution in [-0.2, 0) is 10.0 Å². The number of piperazine rings is 1. The fourth-order valence-electron chi connectivity index (χ4n) is 3.50. The Morgan fingerprint density at radius 2 is 1.92 bits per heavy atom. The van der Waals surface area contributed by atoms with Gasteiger partial charge in [-0.3, -0.25) is 9.69 Å². The van der Waals surface area contributed by atoms with Crippen molar-refractivity contribution >= 4 is 15.9 Å². The molecule has 2 fully saturated rings. The summed E-state index contributed by atoms with van der Waals surface area (Å²) in [5.74, 6) is -0.238. The van der Waals surface area contributed by atoms with Crippen LogP contribution in [0, 0.1) is 0 Å². The van der Waals surface area contributed by atoms with Crippen molar-refractivity contribution in [3.8, 4) is 0 Å². The first kappa shape index (κ1) is 19.3. The maximum atomic E-state index is 12.5. The van der Waals surface area contributed by atoms with Gasteiger partial charge < -0.3 is 10.6 Å². The molecule has 0 radical (unpaired) electrons. The van der Waals surface area contributed by atoms with E-state index in [0.717, 1.165) is 58.4 Å². The lowest BCUT2D eigenvalue weighted by molar-refractivity contribution is 0.0947. The van der Waals surface area contributed by atoms with Gasteiger partial charge in [-0.05, 0) is 31.0 Å². The van der Waals surface area contributed by atoms with Crippen molar-refractivity contribution in [3.05, 3.63) is 29.8 Å². The molecule has 1 aromatic carbocycles. The molecule has 0 aromatic heterocycles. The van der Waals surface area contributed by atoms with Gasteiger partial charge in [0.1, 0.15) is 0 Å². The molecule has 26 heavy (non-hydrogen) atoms. The number of rotatable bonds is 7. The van der Waals surface area contributed by atoms with Crippen LogP contribution in [0.25, 0.3) is 0 Å². The first-order valence-electron chi connectivity index (χ1n) is 9.38. The van der Waals surface area contributed by atoms with E-state index in [2.05, 4.69) is 20.3 Å². The minimum absolute atomic E-state index is 0.0107. The molecule has 3 rings (SSSR count). The second-order valence-electron chi connectivity index (χ2n) is 6.98. The van der Waals surface area contributed by atoms with E-state index in [1.54, 1.807) is 12.1 Å². The number of benzene rings is 1. The van der Waals surface area contributed by atoms with Crippen LogP contribution in [0.2, 0.25) is 0 Å². The molecule has 0 bridgehead atoms. The maximum absolute atomic E-state index is 12.5. The predicted molar refractivity (Wildman–Crippen MR) is 101 cm³/mol. The van der Waals surface area contributed by atoms with E-state index in [4.69, 9.17) is 0 Å². The first-order valence-corrected chi connectivity index (χ1v) is 10.9. The topological polar surface area (TPSA) is 90.5 Å². The molecule has 8 heteroatoms. The Kier molecular flexibility index (Phi) is 6.63. The van der Waals surface area contributed by atoms with Crippen molar-refractivity contribution in [3.63, 3.8) is 0 Å². The van der Waals surface area contributed by atoms with Crippen LogP contribution < -0.4 is 15.4 Å². The second kappa shape index (κ2) is 8.94. The number of hydrogen-bond acceptors (Lipinski definition) is 5. The molecule has 144 valence electrons. The molecule has 1 aliphatic carbocycles. The highest BCUT2D eigenvalue weighted by molar-refractivity contribution is 7.89. The van der Waals surface area contributed by atoms with Crippen molar-refractivity contribution in [1.82, 2.24) is 20.3 Å².